The van der Waals surface area contributed by atoms with Crippen LogP contribution in [0.2, 0.25) is 10.4 Å². The fourth-order valence-corrected chi connectivity index (χ4v) is 2.60. The van der Waals surface area contributed by atoms with E-state index < -0.39 is 4.92 Å². The van der Waals surface area contributed by atoms with Crippen molar-refractivity contribution in [3.05, 3.63) is 68.0 Å². The van der Waals surface area contributed by atoms with E-state index in [4.69, 9.17) is 27.6 Å². The number of amidine groups is 1. The van der Waals surface area contributed by atoms with Crippen molar-refractivity contribution < 1.29 is 9.34 Å². The smallest absolute Gasteiger partial charge is 0.314 e. The van der Waals surface area contributed by atoms with Crippen molar-refractivity contribution in [1.82, 2.24) is 9.88 Å². The normalized spacial score (nSPS) is 14.2. The monoisotopic (exact) mass is 402 g/mol. The average molecular weight is 404 g/mol. The highest BCUT2D eigenvalue weighted by atomic mass is 35.5. The first-order valence-corrected chi connectivity index (χ1v) is 7.80. The van der Waals surface area contributed by atoms with Gasteiger partial charge in [-0.1, -0.05) is 17.7 Å². The molecule has 132 valence electrons. The minimum absolute atomic E-state index is 0. The molecule has 3 heterocycles. The van der Waals surface area contributed by atoms with Gasteiger partial charge in [0.2, 0.25) is 5.84 Å². The fourth-order valence-electron chi connectivity index (χ4n) is 2.34. The number of hydrogen-bond acceptors (Lipinski definition) is 6. The molecule has 0 bridgehead atoms. The minimum atomic E-state index is -0.478. The van der Waals surface area contributed by atoms with Gasteiger partial charge in [0.1, 0.15) is 10.9 Å². The lowest BCUT2D eigenvalue weighted by atomic mass is 10.2. The summed E-state index contributed by atoms with van der Waals surface area (Å²) in [6.45, 7) is 1.52. The van der Waals surface area contributed by atoms with E-state index in [2.05, 4.69) is 9.98 Å². The van der Waals surface area contributed by atoms with Crippen molar-refractivity contribution in [2.45, 2.75) is 6.54 Å². The molecule has 1 aliphatic rings. The number of aromatic nitrogens is 1. The third-order valence-corrected chi connectivity index (χ3v) is 3.82. The van der Waals surface area contributed by atoms with Crippen molar-refractivity contribution >= 4 is 47.5 Å². The highest BCUT2D eigenvalue weighted by Gasteiger charge is 2.29. The summed E-state index contributed by atoms with van der Waals surface area (Å²) < 4.78 is 5.18. The van der Waals surface area contributed by atoms with Gasteiger partial charge < -0.3 is 9.32 Å². The summed E-state index contributed by atoms with van der Waals surface area (Å²) in [5.74, 6) is 0.608. The van der Waals surface area contributed by atoms with Crippen LogP contribution in [0.1, 0.15) is 11.3 Å². The molecule has 0 saturated carbocycles. The van der Waals surface area contributed by atoms with Gasteiger partial charge in [-0.25, -0.2) is 4.98 Å². The van der Waals surface area contributed by atoms with Gasteiger partial charge in [0.15, 0.2) is 5.22 Å². The van der Waals surface area contributed by atoms with Crippen LogP contribution in [0.25, 0.3) is 6.08 Å². The number of hydrogen-bond donors (Lipinski definition) is 0. The zero-order chi connectivity index (χ0) is 17.1. The topological polar surface area (TPSA) is 84.8 Å². The Kier molecular flexibility index (Phi) is 6.41. The molecule has 0 fully saturated rings. The molecular weight excluding hydrogens is 391 g/mol. The van der Waals surface area contributed by atoms with Crippen LogP contribution in [0, 0.1) is 10.1 Å². The van der Waals surface area contributed by atoms with E-state index in [1.165, 1.54) is 12.1 Å². The number of pyridine rings is 1. The predicted molar refractivity (Wildman–Crippen MR) is 97.9 cm³/mol. The molecule has 2 aromatic heterocycles. The first kappa shape index (κ1) is 19.2. The molecule has 25 heavy (non-hydrogen) atoms. The van der Waals surface area contributed by atoms with Gasteiger partial charge in [-0.2, -0.15) is 0 Å². The van der Waals surface area contributed by atoms with E-state index in [0.717, 1.165) is 5.56 Å². The maximum atomic E-state index is 11.5. The molecular formula is C15H13Cl3N4O3. The van der Waals surface area contributed by atoms with E-state index in [1.54, 1.807) is 18.3 Å². The van der Waals surface area contributed by atoms with E-state index in [-0.39, 0.29) is 23.3 Å². The van der Waals surface area contributed by atoms with Gasteiger partial charge in [-0.05, 0) is 35.4 Å². The Bertz CT molecular complexity index is 818. The molecule has 0 spiro atoms. The summed E-state index contributed by atoms with van der Waals surface area (Å²) in [6, 6.07) is 6.60. The van der Waals surface area contributed by atoms with Crippen LogP contribution in [-0.2, 0) is 6.54 Å². The lowest BCUT2D eigenvalue weighted by molar-refractivity contribution is -0.414. The first-order chi connectivity index (χ1) is 11.5. The Balaban J connectivity index is 0.00000225. The van der Waals surface area contributed by atoms with Crippen LogP contribution in [0.4, 0.5) is 0 Å². The maximum Gasteiger partial charge on any atom is 0.314 e. The maximum absolute atomic E-state index is 11.5. The number of aliphatic imine (C=N–C) groups is 1. The van der Waals surface area contributed by atoms with Gasteiger partial charge in [-0.15, -0.1) is 12.4 Å². The van der Waals surface area contributed by atoms with Gasteiger partial charge in [-0.3, -0.25) is 15.1 Å². The Morgan fingerprint density at radius 1 is 1.36 bits per heavy atom. The quantitative estimate of drug-likeness (QED) is 0.429. The van der Waals surface area contributed by atoms with Crippen molar-refractivity contribution in [3.63, 3.8) is 0 Å². The number of nitrogens with zero attached hydrogens (tertiary/aromatic N) is 4. The van der Waals surface area contributed by atoms with E-state index in [0.29, 0.717) is 36.4 Å². The van der Waals surface area contributed by atoms with Crippen molar-refractivity contribution in [1.29, 1.82) is 0 Å². The Morgan fingerprint density at radius 2 is 2.16 bits per heavy atom. The van der Waals surface area contributed by atoms with Gasteiger partial charge >= 0.3 is 5.70 Å². The average Bonchev–Trinajstić information content (AvgIpc) is 3.16. The summed E-state index contributed by atoms with van der Waals surface area (Å²) in [4.78, 5) is 21.1. The van der Waals surface area contributed by atoms with Crippen molar-refractivity contribution in [2.75, 3.05) is 13.1 Å². The molecule has 0 aliphatic carbocycles. The molecule has 0 N–H and O–H groups in total. The standard InChI is InChI=1S/C15H12Cl2N4O3.ClH/c16-13-3-1-10(8-19-13)9-20-6-5-18-15(20)12(21(22)23)7-11-2-4-14(17)24-11;/h1-4,7-8H,5-6,9H2;1H/b12-7-;. The van der Waals surface area contributed by atoms with Crippen molar-refractivity contribution in [2.24, 2.45) is 4.99 Å². The largest absolute Gasteiger partial charge is 0.445 e. The zero-order valence-electron chi connectivity index (χ0n) is 12.8. The molecule has 1 aliphatic heterocycles. The molecule has 2 aromatic rings. The highest BCUT2D eigenvalue weighted by molar-refractivity contribution is 6.29. The van der Waals surface area contributed by atoms with Crippen LogP contribution < -0.4 is 0 Å². The van der Waals surface area contributed by atoms with Crippen LogP contribution >= 0.6 is 35.6 Å². The van der Waals surface area contributed by atoms with Crippen LogP contribution in [0.15, 0.2) is 45.6 Å². The summed E-state index contributed by atoms with van der Waals surface area (Å²) in [5.41, 5.74) is 0.748. The number of halogens is 3. The molecule has 7 nitrogen and oxygen atoms in total. The zero-order valence-corrected chi connectivity index (χ0v) is 15.1. The minimum Gasteiger partial charge on any atom is -0.445 e. The molecule has 0 amide bonds. The van der Waals surface area contributed by atoms with Gasteiger partial charge in [0, 0.05) is 19.3 Å². The Morgan fingerprint density at radius 3 is 2.76 bits per heavy atom. The molecule has 3 rings (SSSR count). The highest BCUT2D eigenvalue weighted by Crippen LogP contribution is 2.20. The molecule has 0 unspecified atom stereocenters. The summed E-state index contributed by atoms with van der Waals surface area (Å²) in [5, 5.41) is 12.0. The van der Waals surface area contributed by atoms with E-state index in [9.17, 15) is 10.1 Å². The SMILES string of the molecule is Cl.O=[N+]([O-])/C(=C\c1ccc(Cl)o1)C1=NCCN1Cc1ccc(Cl)nc1. The third kappa shape index (κ3) is 4.72. The second-order valence-electron chi connectivity index (χ2n) is 5.04. The second-order valence-corrected chi connectivity index (χ2v) is 5.80. The molecule has 0 radical (unpaired) electrons. The Hall–Kier alpha value is -2.09. The summed E-state index contributed by atoms with van der Waals surface area (Å²) in [7, 11) is 0. The molecule has 0 saturated heterocycles. The molecule has 0 atom stereocenters. The number of rotatable bonds is 5. The van der Waals surface area contributed by atoms with Crippen LogP contribution in [-0.4, -0.2) is 33.7 Å². The van der Waals surface area contributed by atoms with E-state index >= 15 is 0 Å². The third-order valence-electron chi connectivity index (χ3n) is 3.39. The van der Waals surface area contributed by atoms with Gasteiger partial charge in [0.05, 0.1) is 17.5 Å². The molecule has 10 heteroatoms. The van der Waals surface area contributed by atoms with Crippen LogP contribution in [0.5, 0.6) is 0 Å². The van der Waals surface area contributed by atoms with Crippen molar-refractivity contribution in [3.8, 4) is 0 Å². The number of nitro groups is 1. The van der Waals surface area contributed by atoms with Crippen LogP contribution in [0.3, 0.4) is 0 Å². The summed E-state index contributed by atoms with van der Waals surface area (Å²) >= 11 is 11.5. The first-order valence-electron chi connectivity index (χ1n) is 7.04. The lowest BCUT2D eigenvalue weighted by Gasteiger charge is -2.18. The number of furan rings is 1. The van der Waals surface area contributed by atoms with Gasteiger partial charge in [0.25, 0.3) is 0 Å². The Labute approximate surface area is 159 Å². The second kappa shape index (κ2) is 8.33. The fraction of sp³-hybridized carbons (Fsp3) is 0.200. The summed E-state index contributed by atoms with van der Waals surface area (Å²) in [6.07, 6.45) is 2.96. The van der Waals surface area contributed by atoms with E-state index in [1.807, 2.05) is 11.0 Å². The lowest BCUT2D eigenvalue weighted by Crippen LogP contribution is -2.30. The molecule has 0 aromatic carbocycles. The predicted octanol–water partition coefficient (Wildman–Crippen LogP) is 3.94.